The molecule has 11 aromatic carbocycles. The fourth-order valence-electron chi connectivity index (χ4n) is 13.9. The van der Waals surface area contributed by atoms with Gasteiger partial charge in [-0.2, -0.15) is 0 Å². The normalized spacial score (nSPS) is 13.8. The van der Waals surface area contributed by atoms with Gasteiger partial charge in [-0.3, -0.25) is 0 Å². The maximum atomic E-state index is 2.59. The van der Waals surface area contributed by atoms with Crippen molar-refractivity contribution in [3.8, 4) is 44.5 Å². The molecule has 0 saturated heterocycles. The highest BCUT2D eigenvalue weighted by molar-refractivity contribution is 7.00. The fraction of sp³-hybridized carbons (Fsp3) is 0.185. The van der Waals surface area contributed by atoms with Gasteiger partial charge >= 0.3 is 0 Å². The van der Waals surface area contributed by atoms with Crippen molar-refractivity contribution < 1.29 is 0 Å². The van der Waals surface area contributed by atoms with E-state index in [1.54, 1.807) is 0 Å². The number of hydrogen-bond acceptors (Lipinski definition) is 3. The van der Waals surface area contributed by atoms with Crippen molar-refractivity contribution in [2.45, 2.75) is 97.8 Å². The lowest BCUT2D eigenvalue weighted by Crippen LogP contribution is -2.61. The molecule has 0 atom stereocenters. The van der Waals surface area contributed by atoms with Gasteiger partial charge < -0.3 is 14.7 Å². The summed E-state index contributed by atoms with van der Waals surface area (Å²) in [6.45, 7) is 25.5. The van der Waals surface area contributed by atoms with Gasteiger partial charge in [0, 0.05) is 56.6 Å². The molecule has 1 aliphatic carbocycles. The van der Waals surface area contributed by atoms with Crippen LogP contribution in [-0.2, 0) is 21.7 Å². The lowest BCUT2D eigenvalue weighted by atomic mass is 9.33. The van der Waals surface area contributed by atoms with Crippen LogP contribution in [-0.4, -0.2) is 6.71 Å². The average Bonchev–Trinajstić information content (AvgIpc) is 1.13. The zero-order valence-electron chi connectivity index (χ0n) is 51.1. The van der Waals surface area contributed by atoms with E-state index in [0.717, 1.165) is 34.1 Å². The number of benzene rings is 11. The lowest BCUT2D eigenvalue weighted by molar-refractivity contribution is 0.590. The third-order valence-electron chi connectivity index (χ3n) is 18.5. The second kappa shape index (κ2) is 20.0. The Hall–Kier alpha value is -9.12. The minimum Gasteiger partial charge on any atom is -0.311 e. The molecule has 0 bridgehead atoms. The Bertz CT molecular complexity index is 4290. The van der Waals surface area contributed by atoms with E-state index >= 15 is 0 Å². The van der Waals surface area contributed by atoms with Crippen LogP contribution in [0.1, 0.15) is 104 Å². The Morgan fingerprint density at radius 1 is 0.329 bits per heavy atom. The minimum absolute atomic E-state index is 0.0152. The number of nitrogens with zero attached hydrogens (tertiary/aromatic N) is 3. The predicted molar refractivity (Wildman–Crippen MR) is 365 cm³/mol. The van der Waals surface area contributed by atoms with Crippen LogP contribution in [0.3, 0.4) is 0 Å². The first-order valence-corrected chi connectivity index (χ1v) is 30.4. The Balaban J connectivity index is 1.01. The predicted octanol–water partition coefficient (Wildman–Crippen LogP) is 20.4. The number of rotatable bonds is 8. The highest BCUT2D eigenvalue weighted by Crippen LogP contribution is 2.53. The van der Waals surface area contributed by atoms with Gasteiger partial charge in [0.15, 0.2) is 0 Å². The summed E-state index contributed by atoms with van der Waals surface area (Å²) in [5.74, 6) is 0. The molecule has 4 heteroatoms. The second-order valence-electron chi connectivity index (χ2n) is 27.5. The molecule has 0 spiro atoms. The molecule has 0 aromatic heterocycles. The summed E-state index contributed by atoms with van der Waals surface area (Å²) < 4.78 is 0. The molecule has 0 amide bonds. The number of anilines is 9. The number of hydrogen-bond donors (Lipinski definition) is 0. The molecule has 0 N–H and O–H groups in total. The van der Waals surface area contributed by atoms with Gasteiger partial charge in [0.1, 0.15) is 0 Å². The Morgan fingerprint density at radius 2 is 0.788 bits per heavy atom. The third kappa shape index (κ3) is 9.21. The minimum atomic E-state index is -0.188. The maximum absolute atomic E-state index is 2.59. The maximum Gasteiger partial charge on any atom is 0.252 e. The number of fused-ring (bicyclic) bond motifs is 7. The summed E-state index contributed by atoms with van der Waals surface area (Å²) in [4.78, 5) is 7.62. The Labute approximate surface area is 505 Å². The van der Waals surface area contributed by atoms with E-state index in [1.807, 2.05) is 0 Å². The topological polar surface area (TPSA) is 9.72 Å². The zero-order chi connectivity index (χ0) is 58.7. The van der Waals surface area contributed by atoms with Crippen molar-refractivity contribution in [1.29, 1.82) is 0 Å². The summed E-state index contributed by atoms with van der Waals surface area (Å²) in [7, 11) is 0. The summed E-state index contributed by atoms with van der Waals surface area (Å²) >= 11 is 0. The molecule has 416 valence electrons. The molecule has 0 unspecified atom stereocenters. The quantitative estimate of drug-likeness (QED) is 0.140. The van der Waals surface area contributed by atoms with E-state index < -0.39 is 0 Å². The van der Waals surface area contributed by atoms with Gasteiger partial charge in [-0.05, 0) is 184 Å². The first-order valence-electron chi connectivity index (χ1n) is 30.4. The van der Waals surface area contributed by atoms with Crippen LogP contribution >= 0.6 is 0 Å². The van der Waals surface area contributed by atoms with Crippen molar-refractivity contribution in [2.24, 2.45) is 0 Å². The van der Waals surface area contributed by atoms with Crippen LogP contribution in [0.25, 0.3) is 44.5 Å². The van der Waals surface area contributed by atoms with Gasteiger partial charge in [-0.1, -0.05) is 246 Å². The molecule has 3 aliphatic rings. The molecule has 0 saturated carbocycles. The highest BCUT2D eigenvalue weighted by atomic mass is 15.2. The van der Waals surface area contributed by atoms with Crippen LogP contribution in [0.5, 0.6) is 0 Å². The van der Waals surface area contributed by atoms with Crippen LogP contribution in [0, 0.1) is 0 Å². The van der Waals surface area contributed by atoms with Gasteiger partial charge in [0.05, 0.1) is 0 Å². The monoisotopic (exact) mass is 1100 g/mol. The van der Waals surface area contributed by atoms with Crippen molar-refractivity contribution >= 4 is 74.3 Å². The first-order chi connectivity index (χ1) is 40.8. The van der Waals surface area contributed by atoms with E-state index in [-0.39, 0.29) is 28.4 Å². The molecule has 0 radical (unpaired) electrons. The smallest absolute Gasteiger partial charge is 0.252 e. The SMILES string of the molecule is CC(C)(C)c1ccc(N(c2ccc(C(C)(C)C)cc2)c2ccc3c(c2)N(c2ccc(-c4ccccc4)cc2)c2cc(C(C)(C)C)cc4c2B3c2cc(-c3ccccc3)ccc2N4c2ccc(-c3cccc4c3C(C)(C)c3ccccc3-4)cc2)cc1. The van der Waals surface area contributed by atoms with Gasteiger partial charge in [-0.25, -0.2) is 0 Å². The lowest BCUT2D eigenvalue weighted by Gasteiger charge is -2.45. The largest absolute Gasteiger partial charge is 0.311 e. The second-order valence-corrected chi connectivity index (χ2v) is 27.5. The zero-order valence-corrected chi connectivity index (χ0v) is 51.1. The standard InChI is InChI=1S/C81H74BN3/c1-78(2,3)58-34-42-61(43-35-58)83(62-44-36-59(37-45-62)79(4,5)6)65-46-47-70-73(52-65)85(64-38-29-55(30-39-64)53-21-14-12-15-22-53)75-51-60(80(7,8)9)50-74-77(75)82(70)71-49-57(54-23-16-13-17-24-54)33-48-72(71)84(74)63-40-31-56(32-41-63)66-26-20-27-68-67-25-18-19-28-69(67)81(10,11)76(66)68/h12-52H,1-11H3. The third-order valence-corrected chi connectivity index (χ3v) is 18.5. The van der Waals surface area contributed by atoms with Crippen molar-refractivity contribution in [1.82, 2.24) is 0 Å². The average molecular weight is 1100 g/mol. The van der Waals surface area contributed by atoms with Crippen molar-refractivity contribution in [2.75, 3.05) is 14.7 Å². The Kier molecular flexibility index (Phi) is 12.7. The summed E-state index contributed by atoms with van der Waals surface area (Å²) in [6, 6.07) is 94.3. The van der Waals surface area contributed by atoms with Gasteiger partial charge in [0.2, 0.25) is 0 Å². The first kappa shape index (κ1) is 53.9. The molecule has 14 rings (SSSR count). The molecular weight excluding hydrogens is 1030 g/mol. The summed E-state index contributed by atoms with van der Waals surface area (Å²) in [5.41, 5.74) is 30.5. The van der Waals surface area contributed by atoms with Crippen LogP contribution < -0.4 is 31.1 Å². The van der Waals surface area contributed by atoms with E-state index in [2.05, 4.69) is 340 Å². The molecule has 3 nitrogen and oxygen atoms in total. The van der Waals surface area contributed by atoms with Gasteiger partial charge in [-0.15, -0.1) is 0 Å². The highest BCUT2D eigenvalue weighted by Gasteiger charge is 2.45. The van der Waals surface area contributed by atoms with Crippen LogP contribution in [0.15, 0.2) is 249 Å². The molecular formula is C81H74BN3. The molecule has 2 aliphatic heterocycles. The molecule has 2 heterocycles. The van der Waals surface area contributed by atoms with Crippen molar-refractivity contribution in [3.63, 3.8) is 0 Å². The Morgan fingerprint density at radius 3 is 1.35 bits per heavy atom. The fourth-order valence-corrected chi connectivity index (χ4v) is 13.9. The van der Waals surface area contributed by atoms with E-state index in [9.17, 15) is 0 Å². The van der Waals surface area contributed by atoms with E-state index in [4.69, 9.17) is 0 Å². The summed E-state index contributed by atoms with van der Waals surface area (Å²) in [5, 5.41) is 0. The van der Waals surface area contributed by atoms with Crippen LogP contribution in [0.4, 0.5) is 51.2 Å². The van der Waals surface area contributed by atoms with E-state index in [1.165, 1.54) is 106 Å². The molecule has 11 aromatic rings. The molecule has 85 heavy (non-hydrogen) atoms. The summed E-state index contributed by atoms with van der Waals surface area (Å²) in [6.07, 6.45) is 0. The van der Waals surface area contributed by atoms with Crippen molar-refractivity contribution in [3.05, 3.63) is 277 Å². The van der Waals surface area contributed by atoms with Crippen LogP contribution in [0.2, 0.25) is 0 Å². The van der Waals surface area contributed by atoms with E-state index in [0.29, 0.717) is 0 Å². The molecule has 0 fully saturated rings. The van der Waals surface area contributed by atoms with Gasteiger partial charge in [0.25, 0.3) is 6.71 Å².